The highest BCUT2D eigenvalue weighted by atomic mass is 35.5. The van der Waals surface area contributed by atoms with E-state index in [1.807, 2.05) is 39.0 Å². The van der Waals surface area contributed by atoms with Crippen LogP contribution < -0.4 is 5.73 Å². The smallest absolute Gasteiger partial charge is 0.0500 e. The molecule has 2 aromatic rings. The van der Waals surface area contributed by atoms with Crippen LogP contribution in [0, 0.1) is 12.3 Å². The second kappa shape index (κ2) is 5.31. The number of aryl methyl sites for hydroxylation is 1. The van der Waals surface area contributed by atoms with Gasteiger partial charge < -0.3 is 15.8 Å². The number of para-hydroxylation sites is 1. The molecular weight excluding hydrogens is 248 g/mol. The van der Waals surface area contributed by atoms with Crippen LogP contribution >= 0.6 is 12.4 Å². The van der Waals surface area contributed by atoms with Crippen molar-refractivity contribution in [2.24, 2.45) is 11.1 Å². The molecule has 0 saturated carbocycles. The number of aromatic nitrogens is 1. The molecule has 1 aromatic carbocycles. The van der Waals surface area contributed by atoms with Crippen LogP contribution in [0.15, 0.2) is 24.3 Å². The number of aliphatic hydroxyl groups is 1. The predicted molar refractivity (Wildman–Crippen MR) is 78.1 cm³/mol. The largest absolute Gasteiger partial charge is 0.396 e. The molecule has 100 valence electrons. The van der Waals surface area contributed by atoms with E-state index in [1.54, 1.807) is 0 Å². The summed E-state index contributed by atoms with van der Waals surface area (Å²) in [6, 6.07) is 7.96. The van der Waals surface area contributed by atoms with Gasteiger partial charge in [0.1, 0.15) is 0 Å². The SMILES string of the molecule is Cc1[nH]c2ccccc2c1[C@@H](N)C(C)(C)CO.Cl. The number of nitrogens with two attached hydrogens (primary N) is 1. The molecule has 4 heteroatoms. The number of hydrogen-bond donors (Lipinski definition) is 3. The van der Waals surface area contributed by atoms with E-state index >= 15 is 0 Å². The first-order valence-corrected chi connectivity index (χ1v) is 5.91. The van der Waals surface area contributed by atoms with Crippen molar-refractivity contribution in [3.63, 3.8) is 0 Å². The number of hydrogen-bond acceptors (Lipinski definition) is 2. The highest BCUT2D eigenvalue weighted by molar-refractivity contribution is 5.85. The lowest BCUT2D eigenvalue weighted by Gasteiger charge is -2.30. The first-order chi connectivity index (χ1) is 7.97. The van der Waals surface area contributed by atoms with E-state index in [9.17, 15) is 5.11 Å². The van der Waals surface area contributed by atoms with Gasteiger partial charge in [0, 0.05) is 34.7 Å². The van der Waals surface area contributed by atoms with Gasteiger partial charge in [0.05, 0.1) is 0 Å². The normalized spacial score (nSPS) is 13.4. The first-order valence-electron chi connectivity index (χ1n) is 5.91. The van der Waals surface area contributed by atoms with Crippen molar-refractivity contribution in [3.8, 4) is 0 Å². The Hall–Kier alpha value is -1.03. The molecular formula is C14H21ClN2O. The van der Waals surface area contributed by atoms with Crippen LogP contribution in [0.2, 0.25) is 0 Å². The molecule has 0 fully saturated rings. The molecule has 4 N–H and O–H groups in total. The van der Waals surface area contributed by atoms with Crippen molar-refractivity contribution in [2.45, 2.75) is 26.8 Å². The first kappa shape index (κ1) is 15.0. The van der Waals surface area contributed by atoms with Gasteiger partial charge in [-0.25, -0.2) is 0 Å². The second-order valence-corrected chi connectivity index (χ2v) is 5.33. The molecule has 0 aliphatic rings. The van der Waals surface area contributed by atoms with Crippen molar-refractivity contribution >= 4 is 23.3 Å². The summed E-state index contributed by atoms with van der Waals surface area (Å²) < 4.78 is 0. The molecule has 1 heterocycles. The molecule has 1 atom stereocenters. The molecule has 0 spiro atoms. The van der Waals surface area contributed by atoms with Crippen LogP contribution in [-0.4, -0.2) is 16.7 Å². The zero-order valence-electron chi connectivity index (χ0n) is 11.0. The van der Waals surface area contributed by atoms with Gasteiger partial charge in [-0.3, -0.25) is 0 Å². The molecule has 2 rings (SSSR count). The Bertz CT molecular complexity index is 534. The number of benzene rings is 1. The summed E-state index contributed by atoms with van der Waals surface area (Å²) in [5.74, 6) is 0. The standard InChI is InChI=1S/C14H20N2O.ClH/c1-9-12(13(15)14(2,3)8-17)10-6-4-5-7-11(10)16-9;/h4-7,13,16-17H,8,15H2,1-3H3;1H/t13-;/m1./s1. The number of fused-ring (bicyclic) bond motifs is 1. The second-order valence-electron chi connectivity index (χ2n) is 5.33. The maximum atomic E-state index is 9.44. The van der Waals surface area contributed by atoms with Crippen LogP contribution in [0.3, 0.4) is 0 Å². The lowest BCUT2D eigenvalue weighted by Crippen LogP contribution is -2.32. The van der Waals surface area contributed by atoms with Gasteiger partial charge in [-0.15, -0.1) is 12.4 Å². The Morgan fingerprint density at radius 1 is 1.33 bits per heavy atom. The lowest BCUT2D eigenvalue weighted by atomic mass is 9.81. The van der Waals surface area contributed by atoms with Crippen molar-refractivity contribution in [2.75, 3.05) is 6.61 Å². The van der Waals surface area contributed by atoms with E-state index in [4.69, 9.17) is 5.73 Å². The van der Waals surface area contributed by atoms with E-state index in [0.29, 0.717) is 0 Å². The van der Waals surface area contributed by atoms with Gasteiger partial charge in [-0.2, -0.15) is 0 Å². The van der Waals surface area contributed by atoms with Crippen molar-refractivity contribution in [3.05, 3.63) is 35.5 Å². The van der Waals surface area contributed by atoms with Gasteiger partial charge >= 0.3 is 0 Å². The maximum absolute atomic E-state index is 9.44. The van der Waals surface area contributed by atoms with Gasteiger partial charge in [-0.1, -0.05) is 32.0 Å². The van der Waals surface area contributed by atoms with Gasteiger partial charge in [0.15, 0.2) is 0 Å². The van der Waals surface area contributed by atoms with Crippen LogP contribution in [0.5, 0.6) is 0 Å². The molecule has 18 heavy (non-hydrogen) atoms. The fraction of sp³-hybridized carbons (Fsp3) is 0.429. The van der Waals surface area contributed by atoms with Crippen LogP contribution in [-0.2, 0) is 0 Å². The van der Waals surface area contributed by atoms with E-state index in [1.165, 1.54) is 0 Å². The molecule has 0 unspecified atom stereocenters. The maximum Gasteiger partial charge on any atom is 0.0500 e. The number of halogens is 1. The van der Waals surface area contributed by atoms with Crippen LogP contribution in [0.4, 0.5) is 0 Å². The zero-order chi connectivity index (χ0) is 12.6. The monoisotopic (exact) mass is 268 g/mol. The molecule has 0 amide bonds. The predicted octanol–water partition coefficient (Wildman–Crippen LogP) is 2.92. The van der Waals surface area contributed by atoms with Gasteiger partial charge in [0.2, 0.25) is 0 Å². The van der Waals surface area contributed by atoms with Crippen molar-refractivity contribution < 1.29 is 5.11 Å². The summed E-state index contributed by atoms with van der Waals surface area (Å²) in [6.07, 6.45) is 0. The third kappa shape index (κ3) is 2.39. The Morgan fingerprint density at radius 3 is 2.56 bits per heavy atom. The van der Waals surface area contributed by atoms with Crippen molar-refractivity contribution in [1.29, 1.82) is 0 Å². The number of aliphatic hydroxyl groups excluding tert-OH is 1. The number of nitrogens with one attached hydrogen (secondary N) is 1. The molecule has 0 aliphatic heterocycles. The summed E-state index contributed by atoms with van der Waals surface area (Å²) in [5.41, 5.74) is 9.29. The summed E-state index contributed by atoms with van der Waals surface area (Å²) in [4.78, 5) is 3.34. The third-order valence-corrected chi connectivity index (χ3v) is 3.50. The van der Waals surface area contributed by atoms with Crippen LogP contribution in [0.25, 0.3) is 10.9 Å². The minimum absolute atomic E-state index is 0. The zero-order valence-corrected chi connectivity index (χ0v) is 11.8. The minimum Gasteiger partial charge on any atom is -0.396 e. The molecule has 1 aromatic heterocycles. The summed E-state index contributed by atoms with van der Waals surface area (Å²) in [7, 11) is 0. The number of aromatic amines is 1. The minimum atomic E-state index is -0.324. The summed E-state index contributed by atoms with van der Waals surface area (Å²) in [5, 5.41) is 10.6. The fourth-order valence-electron chi connectivity index (χ4n) is 2.19. The average molecular weight is 269 g/mol. The highest BCUT2D eigenvalue weighted by Crippen LogP contribution is 2.36. The number of rotatable bonds is 3. The van der Waals surface area contributed by atoms with E-state index in [2.05, 4.69) is 11.1 Å². The van der Waals surface area contributed by atoms with E-state index < -0.39 is 0 Å². The summed E-state index contributed by atoms with van der Waals surface area (Å²) in [6.45, 7) is 6.08. The van der Waals surface area contributed by atoms with E-state index in [0.717, 1.165) is 22.2 Å². The average Bonchev–Trinajstić information content (AvgIpc) is 2.64. The topological polar surface area (TPSA) is 62.0 Å². The molecule has 0 aliphatic carbocycles. The Kier molecular flexibility index (Phi) is 4.43. The molecule has 3 nitrogen and oxygen atoms in total. The lowest BCUT2D eigenvalue weighted by molar-refractivity contribution is 0.132. The Labute approximate surface area is 114 Å². The Morgan fingerprint density at radius 2 is 1.94 bits per heavy atom. The fourth-order valence-corrected chi connectivity index (χ4v) is 2.19. The van der Waals surface area contributed by atoms with E-state index in [-0.39, 0.29) is 30.5 Å². The number of H-pyrrole nitrogens is 1. The van der Waals surface area contributed by atoms with Crippen molar-refractivity contribution in [1.82, 2.24) is 4.98 Å². The molecule has 0 radical (unpaired) electrons. The Balaban J connectivity index is 0.00000162. The third-order valence-electron chi connectivity index (χ3n) is 3.50. The molecule has 0 bridgehead atoms. The van der Waals surface area contributed by atoms with Gasteiger partial charge in [0.25, 0.3) is 0 Å². The summed E-state index contributed by atoms with van der Waals surface area (Å²) >= 11 is 0. The van der Waals surface area contributed by atoms with Gasteiger partial charge in [-0.05, 0) is 18.6 Å². The molecule has 0 saturated heterocycles. The van der Waals surface area contributed by atoms with Crippen LogP contribution in [0.1, 0.15) is 31.1 Å². The quantitative estimate of drug-likeness (QED) is 0.802. The highest BCUT2D eigenvalue weighted by Gasteiger charge is 2.30.